The van der Waals surface area contributed by atoms with E-state index >= 15 is 0 Å². The van der Waals surface area contributed by atoms with Gasteiger partial charge in [0.2, 0.25) is 23.6 Å². The largest absolute Gasteiger partial charge is 0.312 e. The van der Waals surface area contributed by atoms with Gasteiger partial charge in [0.15, 0.2) is 0 Å². The molecule has 0 saturated carbocycles. The van der Waals surface area contributed by atoms with Gasteiger partial charge in [0.25, 0.3) is 0 Å². The molecule has 5 rings (SSSR count). The first kappa shape index (κ1) is 50.3. The van der Waals surface area contributed by atoms with Gasteiger partial charge < -0.3 is 38.3 Å². The number of rotatable bonds is 12. The Morgan fingerprint density at radius 1 is 0.981 bits per heavy atom. The molecule has 16 heteroatoms. The minimum Gasteiger partial charge on any atom is -0.312 e. The molecule has 1 aromatic heterocycles. The Kier molecular flexibility index (Phi) is 30.1. The molecule has 0 aliphatic carbocycles. The Bertz CT molecular complexity index is 1450. The summed E-state index contributed by atoms with van der Waals surface area (Å²) in [6, 6.07) is 13.5. The molecule has 2 aromatic carbocycles. The third-order valence-electron chi connectivity index (χ3n) is 7.80. The zero-order valence-electron chi connectivity index (χ0n) is 31.1. The van der Waals surface area contributed by atoms with Gasteiger partial charge in [-0.15, -0.1) is 11.3 Å². The fourth-order valence-corrected chi connectivity index (χ4v) is 6.27. The molecule has 53 heavy (non-hydrogen) atoms. The quantitative estimate of drug-likeness (QED) is 0.132. The normalized spacial score (nSPS) is 13.5. The first-order valence-corrected chi connectivity index (χ1v) is 22.5. The van der Waals surface area contributed by atoms with Crippen LogP contribution in [0, 0.1) is 5.92 Å². The zero-order valence-corrected chi connectivity index (χ0v) is 36.2. The number of nitrogens with two attached hydrogens (primary N) is 4. The minimum absolute atomic E-state index is 0.0415. The van der Waals surface area contributed by atoms with Crippen molar-refractivity contribution in [3.63, 3.8) is 0 Å². The van der Waals surface area contributed by atoms with Gasteiger partial charge in [-0.3, -0.25) is 19.2 Å². The number of nitrogens with one attached hydrogen (secondary N) is 2. The van der Waals surface area contributed by atoms with E-state index in [0.717, 1.165) is 60.4 Å². The van der Waals surface area contributed by atoms with Crippen molar-refractivity contribution >= 4 is 66.3 Å². The number of hydrogen-bond acceptors (Lipinski definition) is 9. The van der Waals surface area contributed by atoms with Crippen LogP contribution in [-0.4, -0.2) is 61.0 Å². The maximum absolute atomic E-state index is 12.2. The average Bonchev–Trinajstić information content (AvgIpc) is 3.59. The summed E-state index contributed by atoms with van der Waals surface area (Å²) in [6.45, 7) is 9.81. The molecule has 2 aliphatic rings. The number of thiazole rings is 1. The molecular weight excluding hydrogens is 912 g/mol. The first-order chi connectivity index (χ1) is 25.5. The summed E-state index contributed by atoms with van der Waals surface area (Å²) in [7, 11) is 4.69. The van der Waals surface area contributed by atoms with Crippen molar-refractivity contribution in [3.8, 4) is 0 Å². The summed E-state index contributed by atoms with van der Waals surface area (Å²) >= 11 is 8.70. The number of halogens is 2. The van der Waals surface area contributed by atoms with E-state index < -0.39 is 11.9 Å². The number of carbonyl (C=O) groups excluding carboxylic acids is 4. The number of unbranched alkanes of at least 4 members (excludes halogenated alkanes) is 2. The summed E-state index contributed by atoms with van der Waals surface area (Å²) in [5.74, 6) is -1.10. The molecule has 1 fully saturated rings. The molecule has 0 bridgehead atoms. The molecule has 0 radical (unpaired) electrons. The van der Waals surface area contributed by atoms with E-state index in [-0.39, 0.29) is 30.1 Å². The maximum Gasteiger partial charge on any atom is 0.0208 e. The van der Waals surface area contributed by atoms with Crippen molar-refractivity contribution in [1.82, 2.24) is 15.6 Å². The molecule has 10 N–H and O–H groups in total. The topological polar surface area (TPSA) is 219 Å². The van der Waals surface area contributed by atoms with E-state index in [9.17, 15) is 19.2 Å². The van der Waals surface area contributed by atoms with Crippen molar-refractivity contribution < 1.29 is 42.1 Å². The van der Waals surface area contributed by atoms with E-state index in [2.05, 4.69) is 45.6 Å². The van der Waals surface area contributed by atoms with Gasteiger partial charge in [0, 0.05) is 50.5 Å². The second kappa shape index (κ2) is 31.7. The number of ether oxygens (including phenoxy) is 1. The molecule has 1 unspecified atom stereocenters. The summed E-state index contributed by atoms with van der Waals surface area (Å²) in [6.07, 6.45) is 7.26. The summed E-state index contributed by atoms with van der Waals surface area (Å²) < 4.78 is 6.30. The number of amides is 4. The summed E-state index contributed by atoms with van der Waals surface area (Å²) in [5, 5.41) is 7.66. The van der Waals surface area contributed by atoms with Crippen molar-refractivity contribution in [2.45, 2.75) is 97.6 Å². The molecule has 1 saturated heterocycles. The average molecular weight is 970 g/mol. The molecule has 1 atom stereocenters. The van der Waals surface area contributed by atoms with Crippen LogP contribution in [0.25, 0.3) is 10.2 Å². The van der Waals surface area contributed by atoms with Gasteiger partial charge in [-0.05, 0) is 80.4 Å². The molecule has 4 amide bonds. The number of primary amides is 3. The van der Waals surface area contributed by atoms with E-state index in [0.29, 0.717) is 44.0 Å². The first-order valence-electron chi connectivity index (χ1n) is 17.9. The molecular formula is C37H58Cl2N7O5ReS. The van der Waals surface area contributed by atoms with Crippen LogP contribution in [0.15, 0.2) is 42.5 Å². The Balaban J connectivity index is 0.000000793. The van der Waals surface area contributed by atoms with Gasteiger partial charge in [0.1, 0.15) is 6.04 Å². The van der Waals surface area contributed by atoms with Crippen molar-refractivity contribution in [2.24, 2.45) is 28.9 Å². The second-order valence-corrected chi connectivity index (χ2v) is 13.2. The third kappa shape index (κ3) is 23.0. The van der Waals surface area contributed by atoms with Gasteiger partial charge in [-0.25, -0.2) is 4.98 Å². The van der Waals surface area contributed by atoms with Crippen molar-refractivity contribution in [3.05, 3.63) is 63.6 Å². The van der Waals surface area contributed by atoms with Crippen LogP contribution in [0.2, 0.25) is 5.02 Å². The fourth-order valence-electron chi connectivity index (χ4n) is 5.03. The summed E-state index contributed by atoms with van der Waals surface area (Å²) in [5.41, 5.74) is 24.1. The number of fused-ring (bicyclic) bond motifs is 2. The van der Waals surface area contributed by atoms with Crippen LogP contribution in [0.5, 0.6) is 0 Å². The van der Waals surface area contributed by atoms with E-state index in [1.54, 1.807) is 13.0 Å². The van der Waals surface area contributed by atoms with Crippen LogP contribution >= 0.6 is 32.5 Å². The van der Waals surface area contributed by atoms with Crippen LogP contribution in [-0.2, 0) is 61.5 Å². The molecule has 3 heterocycles. The molecule has 2 aliphatic heterocycles. The number of carbonyl (C=O) groups is 4. The third-order valence-corrected chi connectivity index (χ3v) is 9.11. The van der Waals surface area contributed by atoms with Crippen LogP contribution < -0.4 is 33.6 Å². The standard InChI is InChI=1S/C17H20ClN3O3S.C9H11N.C6H14N2O.C3H7NO.C2H6.ClH.Re/c18-11-1-2-12-13(9-11)25-15(20-12)4-3-14(22)21-16(17(19)23)10-5-7-24-8-6-10;1-2-4-9-7-10-6-5-8(9)3-1;7-5-3-1-2-4-6(8)9;1-2-3(4)5;1-2;;/h1-2,9-10,16H,3-8H2,(H2,19,23)(H,21,22);1-4,10H,5-7H2;1-5,7H2,(H2,8,9);2H2,1H3,(H2,4,5);1-2H3;1H;/q;;;;;;+1/p-1. The van der Waals surface area contributed by atoms with Crippen LogP contribution in [0.4, 0.5) is 0 Å². The minimum atomic E-state index is -0.634. The van der Waals surface area contributed by atoms with Crippen LogP contribution in [0.3, 0.4) is 0 Å². The predicted octanol–water partition coefficient (Wildman–Crippen LogP) is 5.20. The van der Waals surface area contributed by atoms with Crippen LogP contribution in [0.1, 0.15) is 88.3 Å². The molecule has 3 aromatic rings. The predicted molar refractivity (Wildman–Crippen MR) is 213 cm³/mol. The van der Waals surface area contributed by atoms with Gasteiger partial charge in [0.05, 0.1) is 15.2 Å². The fraction of sp³-hybridized carbons (Fsp3) is 0.541. The van der Waals surface area contributed by atoms with E-state index in [1.807, 2.05) is 26.0 Å². The maximum atomic E-state index is 12.2. The SMILES string of the molecule is CC.CCC(N)=O.NC(=O)C(NC(=O)CCc1nc2ccc(Cl)cc2s1)C1CCOCC1.NCCCCCC(N)=O.[Cl][Re].c1ccc2c(c1)CCNC2. The molecule has 0 spiro atoms. The molecule has 12 nitrogen and oxygen atoms in total. The number of aryl methyl sites for hydroxylation is 1. The second-order valence-electron chi connectivity index (χ2n) is 11.7. The Morgan fingerprint density at radius 2 is 1.62 bits per heavy atom. The van der Waals surface area contributed by atoms with E-state index in [1.165, 1.54) is 47.1 Å². The monoisotopic (exact) mass is 969 g/mol. The van der Waals surface area contributed by atoms with Gasteiger partial charge in [-0.2, -0.15) is 0 Å². The Labute approximate surface area is 338 Å². The van der Waals surface area contributed by atoms with Gasteiger partial charge in [-0.1, -0.05) is 63.1 Å². The smallest absolute Gasteiger partial charge is 0.0208 e. The number of nitrogens with zero attached hydrogens (tertiary/aromatic N) is 1. The van der Waals surface area contributed by atoms with Crippen molar-refractivity contribution in [2.75, 3.05) is 26.3 Å². The number of hydrogen-bond donors (Lipinski definition) is 6. The zero-order chi connectivity index (χ0) is 40.0. The van der Waals surface area contributed by atoms with Gasteiger partial charge >= 0.3 is 27.7 Å². The number of benzene rings is 2. The van der Waals surface area contributed by atoms with E-state index in [4.69, 9.17) is 43.1 Å². The Morgan fingerprint density at radius 3 is 2.19 bits per heavy atom. The van der Waals surface area contributed by atoms with Crippen molar-refractivity contribution in [1.29, 1.82) is 0 Å². The molecule has 298 valence electrons. The Hall–Kier alpha value is -2.67. The summed E-state index contributed by atoms with van der Waals surface area (Å²) in [4.78, 5) is 48.2. The number of aromatic nitrogens is 1.